The van der Waals surface area contributed by atoms with Gasteiger partial charge < -0.3 is 15.0 Å². The van der Waals surface area contributed by atoms with Gasteiger partial charge in [-0.2, -0.15) is 0 Å². The van der Waals surface area contributed by atoms with Gasteiger partial charge in [0.15, 0.2) is 0 Å². The summed E-state index contributed by atoms with van der Waals surface area (Å²) >= 11 is 1.17. The molecule has 0 aromatic carbocycles. The summed E-state index contributed by atoms with van der Waals surface area (Å²) in [5, 5.41) is 4.43. The molecule has 1 saturated heterocycles. The number of urea groups is 1. The maximum Gasteiger partial charge on any atom is 0.317 e. The molecule has 26 heavy (non-hydrogen) atoms. The van der Waals surface area contributed by atoms with E-state index in [0.717, 1.165) is 12.8 Å². The summed E-state index contributed by atoms with van der Waals surface area (Å²) in [6, 6.07) is 3.03. The van der Waals surface area contributed by atoms with Crippen LogP contribution in [0.1, 0.15) is 26.2 Å². The van der Waals surface area contributed by atoms with Gasteiger partial charge in [-0.25, -0.2) is 17.9 Å². The number of thiophene rings is 1. The molecule has 0 unspecified atom stereocenters. The minimum absolute atomic E-state index is 0.0642. The number of hydrogen-bond acceptors (Lipinski definition) is 6. The van der Waals surface area contributed by atoms with Crippen molar-refractivity contribution in [3.05, 3.63) is 17.5 Å². The summed E-state index contributed by atoms with van der Waals surface area (Å²) < 4.78 is 32.1. The number of hydrogen-bond donors (Lipinski definition) is 2. The first-order chi connectivity index (χ1) is 12.4. The zero-order valence-corrected chi connectivity index (χ0v) is 16.4. The second-order valence-corrected chi connectivity index (χ2v) is 8.97. The van der Waals surface area contributed by atoms with Crippen LogP contribution in [-0.4, -0.2) is 58.1 Å². The molecule has 1 atom stereocenters. The lowest BCUT2D eigenvalue weighted by molar-refractivity contribution is -0.142. The Balaban J connectivity index is 1.76. The number of nitrogens with one attached hydrogen (secondary N) is 2. The predicted octanol–water partition coefficient (Wildman–Crippen LogP) is 1.40. The number of esters is 1. The molecule has 8 nitrogen and oxygen atoms in total. The summed E-state index contributed by atoms with van der Waals surface area (Å²) in [4.78, 5) is 25.1. The van der Waals surface area contributed by atoms with E-state index in [0.29, 0.717) is 30.5 Å². The van der Waals surface area contributed by atoms with Gasteiger partial charge in [0.1, 0.15) is 4.21 Å². The summed E-state index contributed by atoms with van der Waals surface area (Å²) in [7, 11) is -3.49. The van der Waals surface area contributed by atoms with Crippen molar-refractivity contribution in [1.29, 1.82) is 0 Å². The molecule has 0 bridgehead atoms. The first-order valence-corrected chi connectivity index (χ1v) is 11.0. The van der Waals surface area contributed by atoms with Gasteiger partial charge in [0.05, 0.1) is 13.0 Å². The standard InChI is InChI=1S/C16H25N3O5S2/c1-2-24-14(20)7-8-17-16(21)19-9-3-5-13(12-19)11-18-26(22,23)15-6-4-10-25-15/h4,6,10,13,18H,2-3,5,7-9,11-12H2,1H3,(H,17,21)/t13-/m1/s1. The Morgan fingerprint density at radius 1 is 1.42 bits per heavy atom. The molecule has 1 aliphatic rings. The van der Waals surface area contributed by atoms with Crippen LogP contribution in [0.5, 0.6) is 0 Å². The van der Waals surface area contributed by atoms with Crippen LogP contribution in [0, 0.1) is 5.92 Å². The number of amides is 2. The Bertz CT molecular complexity index is 691. The van der Waals surface area contributed by atoms with Crippen LogP contribution in [0.25, 0.3) is 0 Å². The first-order valence-electron chi connectivity index (χ1n) is 8.64. The molecule has 1 aromatic rings. The molecular formula is C16H25N3O5S2. The minimum atomic E-state index is -3.49. The third-order valence-corrected chi connectivity index (χ3v) is 6.86. The smallest absolute Gasteiger partial charge is 0.317 e. The lowest BCUT2D eigenvalue weighted by Gasteiger charge is -2.32. The number of ether oxygens (including phenoxy) is 1. The molecule has 0 saturated carbocycles. The maximum atomic E-state index is 12.2. The average Bonchev–Trinajstić information content (AvgIpc) is 3.16. The summed E-state index contributed by atoms with van der Waals surface area (Å²) in [5.41, 5.74) is 0. The van der Waals surface area contributed by atoms with Crippen molar-refractivity contribution in [1.82, 2.24) is 14.9 Å². The maximum absolute atomic E-state index is 12.2. The van der Waals surface area contributed by atoms with Gasteiger partial charge in [0.25, 0.3) is 0 Å². The average molecular weight is 404 g/mol. The minimum Gasteiger partial charge on any atom is -0.466 e. The molecule has 2 N–H and O–H groups in total. The highest BCUT2D eigenvalue weighted by atomic mass is 32.2. The fourth-order valence-corrected chi connectivity index (χ4v) is 4.90. The van der Waals surface area contributed by atoms with E-state index in [-0.39, 0.29) is 30.9 Å². The van der Waals surface area contributed by atoms with Gasteiger partial charge in [0, 0.05) is 26.2 Å². The summed E-state index contributed by atoms with van der Waals surface area (Å²) in [5.74, 6) is -0.276. The Hall–Kier alpha value is -1.65. The van der Waals surface area contributed by atoms with Crippen molar-refractivity contribution in [2.24, 2.45) is 5.92 Å². The number of nitrogens with zero attached hydrogens (tertiary/aromatic N) is 1. The highest BCUT2D eigenvalue weighted by Crippen LogP contribution is 2.19. The highest BCUT2D eigenvalue weighted by Gasteiger charge is 2.25. The zero-order chi connectivity index (χ0) is 19.0. The molecule has 1 aromatic heterocycles. The molecule has 0 radical (unpaired) electrons. The monoisotopic (exact) mass is 403 g/mol. The quantitative estimate of drug-likeness (QED) is 0.639. The SMILES string of the molecule is CCOC(=O)CCNC(=O)N1CCC[C@H](CNS(=O)(=O)c2cccs2)C1. The molecule has 1 fully saturated rings. The predicted molar refractivity (Wildman–Crippen MR) is 98.5 cm³/mol. The fourth-order valence-electron chi connectivity index (χ4n) is 2.75. The van der Waals surface area contributed by atoms with E-state index in [1.807, 2.05) is 0 Å². The van der Waals surface area contributed by atoms with E-state index in [4.69, 9.17) is 4.74 Å². The van der Waals surface area contributed by atoms with E-state index in [9.17, 15) is 18.0 Å². The van der Waals surface area contributed by atoms with Crippen molar-refractivity contribution < 1.29 is 22.7 Å². The Morgan fingerprint density at radius 3 is 2.92 bits per heavy atom. The van der Waals surface area contributed by atoms with Crippen molar-refractivity contribution in [3.63, 3.8) is 0 Å². The third-order valence-electron chi connectivity index (χ3n) is 4.04. The number of rotatable bonds is 8. The summed E-state index contributed by atoms with van der Waals surface area (Å²) in [6.07, 6.45) is 1.81. The second kappa shape index (κ2) is 9.89. The van der Waals surface area contributed by atoms with Gasteiger partial charge in [0.2, 0.25) is 10.0 Å². The molecule has 0 spiro atoms. The molecular weight excluding hydrogens is 378 g/mol. The first kappa shape index (κ1) is 20.7. The van der Waals surface area contributed by atoms with Gasteiger partial charge >= 0.3 is 12.0 Å². The third kappa shape index (κ3) is 6.26. The van der Waals surface area contributed by atoms with Crippen LogP contribution < -0.4 is 10.0 Å². The van der Waals surface area contributed by atoms with Crippen molar-refractivity contribution in [3.8, 4) is 0 Å². The molecule has 0 aliphatic carbocycles. The molecule has 2 amide bonds. The molecule has 146 valence electrons. The van der Waals surface area contributed by atoms with Gasteiger partial charge in [-0.3, -0.25) is 4.79 Å². The van der Waals surface area contributed by atoms with Crippen molar-refractivity contribution >= 4 is 33.4 Å². The number of piperidine rings is 1. The van der Waals surface area contributed by atoms with E-state index in [2.05, 4.69) is 10.0 Å². The van der Waals surface area contributed by atoms with Crippen LogP contribution in [-0.2, 0) is 19.6 Å². The molecule has 2 rings (SSSR count). The molecule has 1 aliphatic heterocycles. The van der Waals surface area contributed by atoms with Gasteiger partial charge in [-0.1, -0.05) is 6.07 Å². The van der Waals surface area contributed by atoms with Crippen LogP contribution >= 0.6 is 11.3 Å². The largest absolute Gasteiger partial charge is 0.466 e. The number of likely N-dealkylation sites (tertiary alicyclic amines) is 1. The normalized spacial score (nSPS) is 17.7. The van der Waals surface area contributed by atoms with Gasteiger partial charge in [-0.15, -0.1) is 11.3 Å². The van der Waals surface area contributed by atoms with Crippen LogP contribution in [0.2, 0.25) is 0 Å². The van der Waals surface area contributed by atoms with Crippen molar-refractivity contribution in [2.45, 2.75) is 30.4 Å². The Labute approximate surface area is 158 Å². The van der Waals surface area contributed by atoms with Gasteiger partial charge in [-0.05, 0) is 37.1 Å². The summed E-state index contributed by atoms with van der Waals surface area (Å²) in [6.45, 7) is 3.69. The lowest BCUT2D eigenvalue weighted by atomic mass is 9.99. The topological polar surface area (TPSA) is 105 Å². The Morgan fingerprint density at radius 2 is 2.23 bits per heavy atom. The van der Waals surface area contributed by atoms with E-state index < -0.39 is 10.0 Å². The van der Waals surface area contributed by atoms with Crippen LogP contribution in [0.4, 0.5) is 4.79 Å². The highest BCUT2D eigenvalue weighted by molar-refractivity contribution is 7.91. The second-order valence-electron chi connectivity index (χ2n) is 6.03. The lowest BCUT2D eigenvalue weighted by Crippen LogP contribution is -2.48. The van der Waals surface area contributed by atoms with Crippen LogP contribution in [0.15, 0.2) is 21.7 Å². The number of carbonyl (C=O) groups is 2. The van der Waals surface area contributed by atoms with E-state index in [1.165, 1.54) is 11.3 Å². The number of sulfonamides is 1. The zero-order valence-electron chi connectivity index (χ0n) is 14.8. The molecule has 2 heterocycles. The Kier molecular flexibility index (Phi) is 7.85. The van der Waals surface area contributed by atoms with E-state index >= 15 is 0 Å². The fraction of sp³-hybridized carbons (Fsp3) is 0.625. The van der Waals surface area contributed by atoms with Crippen LogP contribution in [0.3, 0.4) is 0 Å². The number of carbonyl (C=O) groups excluding carboxylic acids is 2. The van der Waals surface area contributed by atoms with E-state index in [1.54, 1.807) is 29.3 Å². The van der Waals surface area contributed by atoms with Crippen molar-refractivity contribution in [2.75, 3.05) is 32.8 Å². The molecule has 10 heteroatoms.